The summed E-state index contributed by atoms with van der Waals surface area (Å²) in [5, 5.41) is 4.65. The molecule has 0 aromatic carbocycles. The maximum atomic E-state index is 4.69. The molecule has 17 heavy (non-hydrogen) atoms. The molecule has 3 nitrogen and oxygen atoms in total. The first kappa shape index (κ1) is 13.2. The van der Waals surface area contributed by atoms with Gasteiger partial charge in [-0.15, -0.1) is 0 Å². The Balaban J connectivity index is 1.72. The van der Waals surface area contributed by atoms with Crippen LogP contribution in [0.4, 0.5) is 0 Å². The highest BCUT2D eigenvalue weighted by Gasteiger charge is 2.27. The third-order valence-corrected chi connectivity index (χ3v) is 5.01. The van der Waals surface area contributed by atoms with Crippen molar-refractivity contribution < 1.29 is 0 Å². The predicted molar refractivity (Wildman–Crippen MR) is 76.8 cm³/mol. The molecule has 1 aliphatic heterocycles. The van der Waals surface area contributed by atoms with Crippen molar-refractivity contribution in [2.24, 2.45) is 10.9 Å². The van der Waals surface area contributed by atoms with E-state index in [2.05, 4.69) is 31.0 Å². The lowest BCUT2D eigenvalue weighted by Crippen LogP contribution is -2.41. The van der Waals surface area contributed by atoms with E-state index in [1.165, 1.54) is 25.1 Å². The van der Waals surface area contributed by atoms with E-state index in [0.29, 0.717) is 6.04 Å². The first-order valence-electron chi connectivity index (χ1n) is 6.88. The first-order chi connectivity index (χ1) is 8.20. The summed E-state index contributed by atoms with van der Waals surface area (Å²) in [6.45, 7) is 10.0. The predicted octanol–water partition coefficient (Wildman–Crippen LogP) is 2.19. The number of likely N-dealkylation sites (N-methyl/N-ethyl adjacent to an activating group) is 1. The van der Waals surface area contributed by atoms with Crippen molar-refractivity contribution in [3.63, 3.8) is 0 Å². The highest BCUT2D eigenvalue weighted by Crippen LogP contribution is 2.26. The van der Waals surface area contributed by atoms with Crippen LogP contribution < -0.4 is 5.32 Å². The fraction of sp³-hybridized carbons (Fsp3) is 0.923. The number of hydrogen-bond acceptors (Lipinski definition) is 3. The minimum Gasteiger partial charge on any atom is -0.362 e. The Bertz CT molecular complexity index is 276. The van der Waals surface area contributed by atoms with Crippen molar-refractivity contribution in [2.45, 2.75) is 45.7 Å². The van der Waals surface area contributed by atoms with Gasteiger partial charge in [0.25, 0.3) is 0 Å². The van der Waals surface area contributed by atoms with E-state index in [-0.39, 0.29) is 0 Å². The molecule has 1 saturated carbocycles. The molecule has 1 heterocycles. The molecular formula is C13H25N3S. The Morgan fingerprint density at radius 3 is 2.76 bits per heavy atom. The summed E-state index contributed by atoms with van der Waals surface area (Å²) in [7, 11) is 0. The molecule has 2 aliphatic rings. The molecule has 98 valence electrons. The Morgan fingerprint density at radius 1 is 1.41 bits per heavy atom. The lowest BCUT2D eigenvalue weighted by atomic mass is 10.1. The summed E-state index contributed by atoms with van der Waals surface area (Å²) in [5.41, 5.74) is 0. The van der Waals surface area contributed by atoms with Gasteiger partial charge in [-0.3, -0.25) is 9.89 Å². The van der Waals surface area contributed by atoms with Crippen molar-refractivity contribution in [2.75, 3.05) is 25.4 Å². The van der Waals surface area contributed by atoms with Gasteiger partial charge in [-0.25, -0.2) is 0 Å². The van der Waals surface area contributed by atoms with Gasteiger partial charge in [0.2, 0.25) is 0 Å². The molecule has 0 bridgehead atoms. The van der Waals surface area contributed by atoms with Crippen LogP contribution in [0.3, 0.4) is 0 Å². The molecule has 0 radical (unpaired) electrons. The molecule has 0 amide bonds. The fourth-order valence-electron chi connectivity index (χ4n) is 2.14. The minimum absolute atomic E-state index is 0.570. The molecule has 0 spiro atoms. The summed E-state index contributed by atoms with van der Waals surface area (Å²) in [6, 6.07) is 1.44. The topological polar surface area (TPSA) is 27.6 Å². The molecule has 1 saturated heterocycles. The zero-order valence-electron chi connectivity index (χ0n) is 11.3. The molecule has 1 N–H and O–H groups in total. The van der Waals surface area contributed by atoms with Crippen LogP contribution in [0.5, 0.6) is 0 Å². The largest absolute Gasteiger partial charge is 0.362 e. The number of thioether (sulfide) groups is 1. The maximum absolute atomic E-state index is 4.69. The summed E-state index contributed by atoms with van der Waals surface area (Å²) >= 11 is 1.88. The second-order valence-corrected chi connectivity index (χ2v) is 6.28. The SMILES string of the molecule is CCN(CCN=C1NC(C)C(C)CS1)C1CC1. The van der Waals surface area contributed by atoms with E-state index in [9.17, 15) is 0 Å². The van der Waals surface area contributed by atoms with Gasteiger partial charge in [-0.1, -0.05) is 25.6 Å². The average molecular weight is 255 g/mol. The second kappa shape index (κ2) is 6.10. The summed E-state index contributed by atoms with van der Waals surface area (Å²) in [5.74, 6) is 1.95. The highest BCUT2D eigenvalue weighted by molar-refractivity contribution is 8.13. The normalized spacial score (nSPS) is 31.9. The van der Waals surface area contributed by atoms with Crippen LogP contribution in [0.25, 0.3) is 0 Å². The second-order valence-electron chi connectivity index (χ2n) is 5.27. The van der Waals surface area contributed by atoms with Gasteiger partial charge in [0.15, 0.2) is 5.17 Å². The zero-order valence-corrected chi connectivity index (χ0v) is 12.1. The molecule has 2 atom stereocenters. The number of amidine groups is 1. The van der Waals surface area contributed by atoms with Crippen LogP contribution in [-0.2, 0) is 0 Å². The van der Waals surface area contributed by atoms with E-state index in [1.807, 2.05) is 11.8 Å². The van der Waals surface area contributed by atoms with Gasteiger partial charge in [-0.05, 0) is 32.2 Å². The number of rotatable bonds is 5. The standard InChI is InChI=1S/C13H25N3S/c1-4-16(12-5-6-12)8-7-14-13-15-11(3)10(2)9-17-13/h10-12H,4-9H2,1-3H3,(H,14,15). The van der Waals surface area contributed by atoms with Gasteiger partial charge in [0, 0.05) is 24.4 Å². The van der Waals surface area contributed by atoms with Crippen LogP contribution in [-0.4, -0.2) is 47.5 Å². The lowest BCUT2D eigenvalue weighted by Gasteiger charge is -2.28. The van der Waals surface area contributed by atoms with Gasteiger partial charge >= 0.3 is 0 Å². The summed E-state index contributed by atoms with van der Waals surface area (Å²) in [6.07, 6.45) is 2.79. The van der Waals surface area contributed by atoms with Gasteiger partial charge in [0.1, 0.15) is 0 Å². The molecule has 0 aromatic heterocycles. The quantitative estimate of drug-likeness (QED) is 0.816. The number of nitrogens with one attached hydrogen (secondary N) is 1. The Morgan fingerprint density at radius 2 is 2.18 bits per heavy atom. The third kappa shape index (κ3) is 3.88. The van der Waals surface area contributed by atoms with Gasteiger partial charge in [-0.2, -0.15) is 0 Å². The lowest BCUT2D eigenvalue weighted by molar-refractivity contribution is 0.286. The number of aliphatic imine (C=N–C) groups is 1. The monoisotopic (exact) mass is 255 g/mol. The van der Waals surface area contributed by atoms with Crippen molar-refractivity contribution in [1.29, 1.82) is 0 Å². The fourth-order valence-corrected chi connectivity index (χ4v) is 3.30. The van der Waals surface area contributed by atoms with Crippen LogP contribution in [0.1, 0.15) is 33.6 Å². The molecule has 2 unspecified atom stereocenters. The van der Waals surface area contributed by atoms with Crippen molar-refractivity contribution in [3.05, 3.63) is 0 Å². The molecule has 1 aliphatic carbocycles. The third-order valence-electron chi connectivity index (χ3n) is 3.80. The molecule has 2 fully saturated rings. The van der Waals surface area contributed by atoms with E-state index in [1.54, 1.807) is 0 Å². The Labute approximate surface area is 109 Å². The molecular weight excluding hydrogens is 230 g/mol. The molecule has 2 rings (SSSR count). The number of nitrogens with zero attached hydrogens (tertiary/aromatic N) is 2. The van der Waals surface area contributed by atoms with E-state index >= 15 is 0 Å². The highest BCUT2D eigenvalue weighted by atomic mass is 32.2. The summed E-state index contributed by atoms with van der Waals surface area (Å²) in [4.78, 5) is 7.25. The molecule has 4 heteroatoms. The van der Waals surface area contributed by atoms with E-state index < -0.39 is 0 Å². The van der Waals surface area contributed by atoms with Crippen LogP contribution in [0, 0.1) is 5.92 Å². The van der Waals surface area contributed by atoms with Crippen LogP contribution in [0.15, 0.2) is 4.99 Å². The van der Waals surface area contributed by atoms with Crippen molar-refractivity contribution >= 4 is 16.9 Å². The van der Waals surface area contributed by atoms with Crippen LogP contribution >= 0.6 is 11.8 Å². The minimum atomic E-state index is 0.570. The maximum Gasteiger partial charge on any atom is 0.156 e. The van der Waals surface area contributed by atoms with Gasteiger partial charge < -0.3 is 5.32 Å². The number of hydrogen-bond donors (Lipinski definition) is 1. The van der Waals surface area contributed by atoms with Crippen molar-refractivity contribution in [3.8, 4) is 0 Å². The van der Waals surface area contributed by atoms with Crippen LogP contribution in [0.2, 0.25) is 0 Å². The zero-order chi connectivity index (χ0) is 12.3. The summed E-state index contributed by atoms with van der Waals surface area (Å²) < 4.78 is 0. The molecule has 0 aromatic rings. The van der Waals surface area contributed by atoms with E-state index in [0.717, 1.165) is 30.2 Å². The Hall–Kier alpha value is -0.220. The Kier molecular flexibility index (Phi) is 4.74. The van der Waals surface area contributed by atoms with E-state index in [4.69, 9.17) is 4.99 Å². The smallest absolute Gasteiger partial charge is 0.156 e. The van der Waals surface area contributed by atoms with Gasteiger partial charge in [0.05, 0.1) is 6.54 Å². The van der Waals surface area contributed by atoms with Crippen molar-refractivity contribution in [1.82, 2.24) is 10.2 Å². The first-order valence-corrected chi connectivity index (χ1v) is 7.87. The average Bonchev–Trinajstić information content (AvgIpc) is 3.13.